The number of aromatic nitrogens is 4. The fraction of sp³-hybridized carbons (Fsp3) is 0.462. The molecule has 0 aliphatic carbocycles. The fourth-order valence-electron chi connectivity index (χ4n) is 5.07. The molecule has 1 atom stereocenters. The topological polar surface area (TPSA) is 58.0 Å². The van der Waals surface area contributed by atoms with Crippen LogP contribution in [0.1, 0.15) is 60.1 Å². The first kappa shape index (κ1) is 21.0. The van der Waals surface area contributed by atoms with Gasteiger partial charge in [-0.25, -0.2) is 9.97 Å². The van der Waals surface area contributed by atoms with E-state index in [-0.39, 0.29) is 6.04 Å². The molecule has 6 heteroatoms. The maximum atomic E-state index is 5.22. The van der Waals surface area contributed by atoms with E-state index in [2.05, 4.69) is 44.9 Å². The standard InChI is InChI=1S/C26H32N6/c1-20-23-10-7-16-31(17-12-22-9-2-4-14-28-22)26(23)30-25(29-20)24-11-3-5-15-32(24)19-21-8-6-13-27-18-21/h2,4,6,8-9,13-14,18,24H,3,5,7,10-12,15-17,19H2,1H3/t24-/m1/s1. The van der Waals surface area contributed by atoms with Crippen LogP contribution >= 0.6 is 0 Å². The Morgan fingerprint density at radius 3 is 2.81 bits per heavy atom. The van der Waals surface area contributed by atoms with Gasteiger partial charge in [-0.15, -0.1) is 0 Å². The molecule has 1 fully saturated rings. The van der Waals surface area contributed by atoms with Gasteiger partial charge in [0.25, 0.3) is 0 Å². The number of hydrogen-bond donors (Lipinski definition) is 0. The summed E-state index contributed by atoms with van der Waals surface area (Å²) in [7, 11) is 0. The molecule has 3 aromatic rings. The number of aryl methyl sites for hydroxylation is 1. The highest BCUT2D eigenvalue weighted by Gasteiger charge is 2.29. The van der Waals surface area contributed by atoms with Gasteiger partial charge < -0.3 is 4.90 Å². The van der Waals surface area contributed by atoms with Crippen LogP contribution in [0.15, 0.2) is 48.9 Å². The highest BCUT2D eigenvalue weighted by atomic mass is 15.2. The van der Waals surface area contributed by atoms with Crippen molar-refractivity contribution in [3.05, 3.63) is 77.3 Å². The van der Waals surface area contributed by atoms with Crippen LogP contribution in [-0.2, 0) is 19.4 Å². The van der Waals surface area contributed by atoms with E-state index in [1.54, 1.807) is 0 Å². The van der Waals surface area contributed by atoms with E-state index >= 15 is 0 Å². The van der Waals surface area contributed by atoms with Crippen LogP contribution in [0.25, 0.3) is 0 Å². The van der Waals surface area contributed by atoms with E-state index < -0.39 is 0 Å². The third-order valence-corrected chi connectivity index (χ3v) is 6.75. The van der Waals surface area contributed by atoms with Crippen LogP contribution in [0, 0.1) is 6.92 Å². The molecule has 32 heavy (non-hydrogen) atoms. The van der Waals surface area contributed by atoms with Gasteiger partial charge in [-0.05, 0) is 62.9 Å². The predicted molar refractivity (Wildman–Crippen MR) is 126 cm³/mol. The first-order chi connectivity index (χ1) is 15.8. The molecule has 166 valence electrons. The molecule has 0 N–H and O–H groups in total. The number of rotatable bonds is 6. The fourth-order valence-corrected chi connectivity index (χ4v) is 5.07. The van der Waals surface area contributed by atoms with Crippen molar-refractivity contribution in [2.75, 3.05) is 24.5 Å². The SMILES string of the molecule is Cc1nc([C@H]2CCCCN2Cc2cccnc2)nc2c1CCCN2CCc1ccccn1. The number of fused-ring (bicyclic) bond motifs is 1. The van der Waals surface area contributed by atoms with Gasteiger partial charge in [0, 0.05) is 61.6 Å². The van der Waals surface area contributed by atoms with E-state index in [0.717, 1.165) is 74.9 Å². The molecule has 0 spiro atoms. The number of anilines is 1. The van der Waals surface area contributed by atoms with E-state index in [1.807, 2.05) is 30.7 Å². The minimum atomic E-state index is 0.271. The highest BCUT2D eigenvalue weighted by molar-refractivity contribution is 5.51. The van der Waals surface area contributed by atoms with Crippen LogP contribution in [0.5, 0.6) is 0 Å². The van der Waals surface area contributed by atoms with Gasteiger partial charge in [-0.1, -0.05) is 18.6 Å². The first-order valence-electron chi connectivity index (χ1n) is 11.9. The smallest absolute Gasteiger partial charge is 0.148 e. The third kappa shape index (κ3) is 4.65. The molecule has 0 aromatic carbocycles. The van der Waals surface area contributed by atoms with Gasteiger partial charge in [0.1, 0.15) is 11.6 Å². The minimum absolute atomic E-state index is 0.271. The summed E-state index contributed by atoms with van der Waals surface area (Å²) >= 11 is 0. The summed E-state index contributed by atoms with van der Waals surface area (Å²) in [6.07, 6.45) is 12.5. The van der Waals surface area contributed by atoms with Crippen LogP contribution in [0.2, 0.25) is 0 Å². The Kier molecular flexibility index (Phi) is 6.39. The number of nitrogens with zero attached hydrogens (tertiary/aromatic N) is 6. The Morgan fingerprint density at radius 1 is 1.00 bits per heavy atom. The van der Waals surface area contributed by atoms with Crippen molar-refractivity contribution in [3.8, 4) is 0 Å². The third-order valence-electron chi connectivity index (χ3n) is 6.75. The van der Waals surface area contributed by atoms with Crippen LogP contribution in [-0.4, -0.2) is 44.5 Å². The quantitative estimate of drug-likeness (QED) is 0.584. The van der Waals surface area contributed by atoms with Gasteiger partial charge in [0.2, 0.25) is 0 Å². The number of hydrogen-bond acceptors (Lipinski definition) is 6. The second-order valence-corrected chi connectivity index (χ2v) is 8.97. The summed E-state index contributed by atoms with van der Waals surface area (Å²) in [6.45, 7) is 6.16. The van der Waals surface area contributed by atoms with E-state index in [9.17, 15) is 0 Å². The summed E-state index contributed by atoms with van der Waals surface area (Å²) in [5, 5.41) is 0. The normalized spacial score (nSPS) is 19.0. The average Bonchev–Trinajstić information content (AvgIpc) is 2.84. The lowest BCUT2D eigenvalue weighted by Gasteiger charge is -2.36. The Bertz CT molecular complexity index is 1020. The zero-order valence-corrected chi connectivity index (χ0v) is 19.0. The van der Waals surface area contributed by atoms with Crippen LogP contribution in [0.3, 0.4) is 0 Å². The van der Waals surface area contributed by atoms with Crippen molar-refractivity contribution >= 4 is 5.82 Å². The second kappa shape index (κ2) is 9.74. The van der Waals surface area contributed by atoms with Gasteiger partial charge in [0.15, 0.2) is 0 Å². The van der Waals surface area contributed by atoms with Gasteiger partial charge >= 0.3 is 0 Å². The molecule has 5 rings (SSSR count). The molecular weight excluding hydrogens is 396 g/mol. The number of pyridine rings is 2. The summed E-state index contributed by atoms with van der Waals surface area (Å²) in [6, 6.07) is 10.6. The van der Waals surface area contributed by atoms with Crippen molar-refractivity contribution in [1.29, 1.82) is 0 Å². The number of piperidine rings is 1. The molecule has 3 aromatic heterocycles. The Labute approximate surface area is 190 Å². The maximum Gasteiger partial charge on any atom is 0.148 e. The summed E-state index contributed by atoms with van der Waals surface area (Å²) < 4.78 is 0. The molecule has 0 bridgehead atoms. The summed E-state index contributed by atoms with van der Waals surface area (Å²) in [4.78, 5) is 24.1. The lowest BCUT2D eigenvalue weighted by atomic mass is 9.99. The molecule has 6 nitrogen and oxygen atoms in total. The lowest BCUT2D eigenvalue weighted by Crippen LogP contribution is -2.36. The van der Waals surface area contributed by atoms with Gasteiger partial charge in [-0.2, -0.15) is 0 Å². The minimum Gasteiger partial charge on any atom is -0.356 e. The van der Waals surface area contributed by atoms with Crippen LogP contribution in [0.4, 0.5) is 5.82 Å². The van der Waals surface area contributed by atoms with Crippen molar-refractivity contribution in [1.82, 2.24) is 24.8 Å². The van der Waals surface area contributed by atoms with Crippen molar-refractivity contribution in [2.24, 2.45) is 0 Å². The summed E-state index contributed by atoms with van der Waals surface area (Å²) in [5.41, 5.74) is 4.88. The summed E-state index contributed by atoms with van der Waals surface area (Å²) in [5.74, 6) is 2.15. The van der Waals surface area contributed by atoms with E-state index in [0.29, 0.717) is 0 Å². The predicted octanol–water partition coefficient (Wildman–Crippen LogP) is 4.30. The average molecular weight is 429 g/mol. The Hall–Kier alpha value is -2.86. The number of likely N-dealkylation sites (tertiary alicyclic amines) is 1. The largest absolute Gasteiger partial charge is 0.356 e. The second-order valence-electron chi connectivity index (χ2n) is 8.97. The lowest BCUT2D eigenvalue weighted by molar-refractivity contribution is 0.133. The molecule has 1 saturated heterocycles. The highest BCUT2D eigenvalue weighted by Crippen LogP contribution is 2.34. The molecule has 0 amide bonds. The molecule has 2 aliphatic heterocycles. The van der Waals surface area contributed by atoms with Gasteiger partial charge in [0.05, 0.1) is 6.04 Å². The molecular formula is C26H32N6. The molecule has 5 heterocycles. The molecule has 2 aliphatic rings. The monoisotopic (exact) mass is 428 g/mol. The maximum absolute atomic E-state index is 5.22. The zero-order chi connectivity index (χ0) is 21.8. The molecule has 0 saturated carbocycles. The molecule has 0 radical (unpaired) electrons. The van der Waals surface area contributed by atoms with Gasteiger partial charge in [-0.3, -0.25) is 14.9 Å². The Balaban J connectivity index is 1.40. The van der Waals surface area contributed by atoms with Crippen molar-refractivity contribution in [3.63, 3.8) is 0 Å². The molecule has 0 unspecified atom stereocenters. The van der Waals surface area contributed by atoms with Crippen molar-refractivity contribution in [2.45, 2.75) is 58.0 Å². The van der Waals surface area contributed by atoms with Crippen LogP contribution < -0.4 is 4.90 Å². The van der Waals surface area contributed by atoms with E-state index in [4.69, 9.17) is 9.97 Å². The Morgan fingerprint density at radius 2 is 1.97 bits per heavy atom. The first-order valence-corrected chi connectivity index (χ1v) is 11.9. The zero-order valence-electron chi connectivity index (χ0n) is 19.0. The van der Waals surface area contributed by atoms with E-state index in [1.165, 1.54) is 24.0 Å². The van der Waals surface area contributed by atoms with Crippen molar-refractivity contribution < 1.29 is 0 Å².